The summed E-state index contributed by atoms with van der Waals surface area (Å²) >= 11 is 0. The molecule has 0 aliphatic rings. The number of tetrazole rings is 1. The third-order valence-corrected chi connectivity index (χ3v) is 7.03. The van der Waals surface area contributed by atoms with E-state index in [1.807, 2.05) is 33.4 Å². The summed E-state index contributed by atoms with van der Waals surface area (Å²) < 4.78 is 15.2. The number of imidazole rings is 1. The van der Waals surface area contributed by atoms with Crippen LogP contribution in [-0.2, 0) is 29.0 Å². The van der Waals surface area contributed by atoms with E-state index in [1.165, 1.54) is 0 Å². The molecule has 0 aliphatic heterocycles. The molecular weight excluding hydrogens is 492 g/mol. The molecule has 9 heteroatoms. The summed E-state index contributed by atoms with van der Waals surface area (Å²) in [6.07, 6.45) is 2.04. The van der Waals surface area contributed by atoms with Gasteiger partial charge in [-0.1, -0.05) is 76.2 Å². The molecule has 0 aliphatic carbocycles. The second-order valence-corrected chi connectivity index (χ2v) is 10.7. The lowest BCUT2D eigenvalue weighted by molar-refractivity contribution is -0.111. The molecule has 2 aromatic carbocycles. The molecule has 0 radical (unpaired) electrons. The van der Waals surface area contributed by atoms with Crippen molar-refractivity contribution in [1.29, 1.82) is 0 Å². The van der Waals surface area contributed by atoms with Crippen molar-refractivity contribution in [2.45, 2.75) is 66.3 Å². The Morgan fingerprint density at radius 3 is 2.13 bits per heavy atom. The Morgan fingerprint density at radius 2 is 1.54 bits per heavy atom. The highest BCUT2D eigenvalue weighted by Gasteiger charge is 2.26. The standard InChI is InChI=1S/C30H40N6O3/c1-20(2)11-16-26-27(29(38-5)39-6)35(18-17-21(3)4)30(37)36(26)19-22-12-14-23(15-13-22)24-9-7-8-10-25(24)28-31-33-34-32-28/h7-10,12-15,20-21,29H,11,16-19H2,1-6H3,(H,31,32,33,34). The second-order valence-electron chi connectivity index (χ2n) is 10.7. The number of hydrogen-bond donors (Lipinski definition) is 1. The van der Waals surface area contributed by atoms with E-state index in [4.69, 9.17) is 9.47 Å². The molecule has 0 spiro atoms. The molecule has 1 N–H and O–H groups in total. The van der Waals surface area contributed by atoms with Gasteiger partial charge in [-0.3, -0.25) is 9.13 Å². The molecule has 0 saturated heterocycles. The second kappa shape index (κ2) is 13.0. The predicted molar refractivity (Wildman–Crippen MR) is 152 cm³/mol. The molecule has 0 unspecified atom stereocenters. The summed E-state index contributed by atoms with van der Waals surface area (Å²) in [4.78, 5) is 13.9. The van der Waals surface area contributed by atoms with Crippen LogP contribution in [0.15, 0.2) is 53.3 Å². The van der Waals surface area contributed by atoms with Gasteiger partial charge in [-0.05, 0) is 53.0 Å². The molecule has 9 nitrogen and oxygen atoms in total. The van der Waals surface area contributed by atoms with E-state index in [1.54, 1.807) is 14.2 Å². The van der Waals surface area contributed by atoms with Crippen molar-refractivity contribution < 1.29 is 9.47 Å². The minimum absolute atomic E-state index is 0.0185. The van der Waals surface area contributed by atoms with Gasteiger partial charge in [0.1, 0.15) is 0 Å². The Balaban J connectivity index is 1.72. The Labute approximate surface area is 230 Å². The normalized spacial score (nSPS) is 11.8. The van der Waals surface area contributed by atoms with Crippen molar-refractivity contribution in [3.05, 3.63) is 76.0 Å². The van der Waals surface area contributed by atoms with Gasteiger partial charge in [0.2, 0.25) is 5.82 Å². The van der Waals surface area contributed by atoms with Crippen LogP contribution in [0, 0.1) is 11.8 Å². The first-order chi connectivity index (χ1) is 18.8. The van der Waals surface area contributed by atoms with Gasteiger partial charge in [0.25, 0.3) is 0 Å². The van der Waals surface area contributed by atoms with Crippen LogP contribution < -0.4 is 5.69 Å². The molecule has 208 valence electrons. The number of benzene rings is 2. The van der Waals surface area contributed by atoms with Crippen LogP contribution in [0.5, 0.6) is 0 Å². The average Bonchev–Trinajstić information content (AvgIpc) is 3.55. The fourth-order valence-corrected chi connectivity index (χ4v) is 4.87. The number of hydrogen-bond acceptors (Lipinski definition) is 6. The van der Waals surface area contributed by atoms with Gasteiger partial charge in [0, 0.05) is 32.0 Å². The summed E-state index contributed by atoms with van der Waals surface area (Å²) in [5, 5.41) is 14.5. The van der Waals surface area contributed by atoms with E-state index in [0.29, 0.717) is 30.7 Å². The van der Waals surface area contributed by atoms with Gasteiger partial charge in [-0.25, -0.2) is 4.79 Å². The number of aromatic nitrogens is 6. The zero-order valence-electron chi connectivity index (χ0n) is 23.8. The Kier molecular flexibility index (Phi) is 9.48. The quantitative estimate of drug-likeness (QED) is 0.229. The number of nitrogens with zero attached hydrogens (tertiary/aromatic N) is 5. The molecule has 4 aromatic rings. The molecule has 0 bridgehead atoms. The minimum atomic E-state index is -0.600. The first kappa shape index (κ1) is 28.4. The van der Waals surface area contributed by atoms with Gasteiger partial charge in [-0.15, -0.1) is 10.2 Å². The van der Waals surface area contributed by atoms with Crippen molar-refractivity contribution >= 4 is 0 Å². The summed E-state index contributed by atoms with van der Waals surface area (Å²) in [7, 11) is 3.25. The lowest BCUT2D eigenvalue weighted by atomic mass is 9.98. The number of rotatable bonds is 13. The van der Waals surface area contributed by atoms with E-state index in [2.05, 4.69) is 72.6 Å². The van der Waals surface area contributed by atoms with E-state index in [0.717, 1.165) is 52.9 Å². The average molecular weight is 533 g/mol. The maximum Gasteiger partial charge on any atom is 0.329 e. The van der Waals surface area contributed by atoms with Crippen molar-refractivity contribution in [1.82, 2.24) is 29.8 Å². The molecular formula is C30H40N6O3. The zero-order chi connectivity index (χ0) is 27.9. The summed E-state index contributed by atoms with van der Waals surface area (Å²) in [6.45, 7) is 9.84. The fraction of sp³-hybridized carbons (Fsp3) is 0.467. The number of H-pyrrole nitrogens is 1. The van der Waals surface area contributed by atoms with Gasteiger partial charge >= 0.3 is 5.69 Å². The number of methoxy groups -OCH3 is 2. The van der Waals surface area contributed by atoms with Crippen LogP contribution in [0.1, 0.15) is 63.8 Å². The molecule has 0 fully saturated rings. The third kappa shape index (κ3) is 6.54. The molecule has 0 amide bonds. The number of nitrogens with one attached hydrogen (secondary N) is 1. The minimum Gasteiger partial charge on any atom is -0.350 e. The predicted octanol–water partition coefficient (Wildman–Crippen LogP) is 5.47. The summed E-state index contributed by atoms with van der Waals surface area (Å²) in [5.74, 6) is 1.53. The fourth-order valence-electron chi connectivity index (χ4n) is 4.87. The summed E-state index contributed by atoms with van der Waals surface area (Å²) in [5.41, 5.74) is 5.81. The largest absolute Gasteiger partial charge is 0.350 e. The Morgan fingerprint density at radius 1 is 0.872 bits per heavy atom. The topological polar surface area (TPSA) is 99.9 Å². The van der Waals surface area contributed by atoms with E-state index in [9.17, 15) is 4.79 Å². The van der Waals surface area contributed by atoms with Gasteiger partial charge in [0.05, 0.1) is 12.2 Å². The molecule has 2 aromatic heterocycles. The maximum absolute atomic E-state index is 13.9. The van der Waals surface area contributed by atoms with Crippen LogP contribution in [0.2, 0.25) is 0 Å². The van der Waals surface area contributed by atoms with Crippen LogP contribution in [0.3, 0.4) is 0 Å². The lowest BCUT2D eigenvalue weighted by Crippen LogP contribution is -2.27. The molecule has 2 heterocycles. The molecule has 39 heavy (non-hydrogen) atoms. The van der Waals surface area contributed by atoms with Crippen molar-refractivity contribution in [2.24, 2.45) is 11.8 Å². The molecule has 0 saturated carbocycles. The van der Waals surface area contributed by atoms with Gasteiger partial charge < -0.3 is 9.47 Å². The molecule has 0 atom stereocenters. The molecule has 4 rings (SSSR count). The highest BCUT2D eigenvalue weighted by atomic mass is 16.7. The van der Waals surface area contributed by atoms with Crippen molar-refractivity contribution in [2.75, 3.05) is 14.2 Å². The van der Waals surface area contributed by atoms with Crippen LogP contribution >= 0.6 is 0 Å². The highest BCUT2D eigenvalue weighted by molar-refractivity contribution is 5.80. The monoisotopic (exact) mass is 532 g/mol. The number of ether oxygens (including phenoxy) is 2. The highest BCUT2D eigenvalue weighted by Crippen LogP contribution is 2.30. The lowest BCUT2D eigenvalue weighted by Gasteiger charge is -2.19. The van der Waals surface area contributed by atoms with E-state index < -0.39 is 6.29 Å². The van der Waals surface area contributed by atoms with Crippen molar-refractivity contribution in [3.8, 4) is 22.5 Å². The Bertz CT molecular complexity index is 1380. The number of aromatic amines is 1. The van der Waals surface area contributed by atoms with Gasteiger partial charge in [0.15, 0.2) is 6.29 Å². The smallest absolute Gasteiger partial charge is 0.329 e. The van der Waals surface area contributed by atoms with Crippen LogP contribution in [-0.4, -0.2) is 44.0 Å². The summed E-state index contributed by atoms with van der Waals surface area (Å²) in [6, 6.07) is 16.3. The maximum atomic E-state index is 13.9. The SMILES string of the molecule is COC(OC)c1c(CCC(C)C)n(Cc2ccc(-c3ccccc3-c3nn[nH]n3)cc2)c(=O)n1CCC(C)C. The van der Waals surface area contributed by atoms with E-state index in [-0.39, 0.29) is 5.69 Å². The van der Waals surface area contributed by atoms with Crippen LogP contribution in [0.25, 0.3) is 22.5 Å². The third-order valence-electron chi connectivity index (χ3n) is 7.03. The first-order valence-electron chi connectivity index (χ1n) is 13.6. The van der Waals surface area contributed by atoms with Crippen molar-refractivity contribution in [3.63, 3.8) is 0 Å². The van der Waals surface area contributed by atoms with Gasteiger partial charge in [-0.2, -0.15) is 5.21 Å². The van der Waals surface area contributed by atoms with Crippen LogP contribution in [0.4, 0.5) is 0 Å². The zero-order valence-corrected chi connectivity index (χ0v) is 23.8. The van der Waals surface area contributed by atoms with E-state index >= 15 is 0 Å². The first-order valence-corrected chi connectivity index (χ1v) is 13.6. The Hall–Kier alpha value is -3.56.